The van der Waals surface area contributed by atoms with Gasteiger partial charge in [-0.15, -0.1) is 0 Å². The van der Waals surface area contributed by atoms with Crippen LogP contribution in [0.4, 0.5) is 13.2 Å². The summed E-state index contributed by atoms with van der Waals surface area (Å²) in [7, 11) is 0. The summed E-state index contributed by atoms with van der Waals surface area (Å²) in [5.41, 5.74) is -0.129. The molecule has 0 aliphatic carbocycles. The predicted octanol–water partition coefficient (Wildman–Crippen LogP) is 3.80. The quantitative estimate of drug-likeness (QED) is 0.776. The molecule has 0 spiro atoms. The van der Waals surface area contributed by atoms with E-state index in [9.17, 15) is 23.1 Å². The fraction of sp³-hybridized carbons (Fsp3) is 0.176. The molecular weight excluding hydrogens is 321 g/mol. The molecule has 3 rings (SSSR count). The molecule has 0 radical (unpaired) electrons. The number of alkyl halides is 3. The summed E-state index contributed by atoms with van der Waals surface area (Å²) in [5, 5.41) is 9.87. The van der Waals surface area contributed by atoms with E-state index >= 15 is 0 Å². The molecule has 3 aromatic rings. The third-order valence-electron chi connectivity index (χ3n) is 3.60. The molecule has 0 fully saturated rings. The fourth-order valence-corrected chi connectivity index (χ4v) is 2.50. The Hall–Kier alpha value is -2.67. The van der Waals surface area contributed by atoms with Gasteiger partial charge < -0.3 is 5.11 Å². The van der Waals surface area contributed by atoms with E-state index in [0.29, 0.717) is 11.0 Å². The maximum atomic E-state index is 12.9. The van der Waals surface area contributed by atoms with E-state index in [1.165, 1.54) is 19.1 Å². The number of benzene rings is 2. The van der Waals surface area contributed by atoms with Gasteiger partial charge in [0.1, 0.15) is 11.9 Å². The second kappa shape index (κ2) is 5.76. The molecule has 0 bridgehead atoms. The van der Waals surface area contributed by atoms with Crippen LogP contribution in [0.5, 0.6) is 0 Å². The highest BCUT2D eigenvalue weighted by Crippen LogP contribution is 2.30. The monoisotopic (exact) mass is 334 g/mol. The van der Waals surface area contributed by atoms with Gasteiger partial charge in [0.2, 0.25) is 0 Å². The van der Waals surface area contributed by atoms with Crippen LogP contribution < -0.4 is 0 Å². The van der Waals surface area contributed by atoms with Gasteiger partial charge in [-0.1, -0.05) is 18.2 Å². The largest absolute Gasteiger partial charge is 0.416 e. The SMILES string of the molecule is C[C@@H](O)c1nc2ccccc2n1C(=O)c1cccc(C(F)(F)F)c1. The highest BCUT2D eigenvalue weighted by Gasteiger charge is 2.31. The van der Waals surface area contributed by atoms with Crippen LogP contribution in [-0.4, -0.2) is 20.6 Å². The van der Waals surface area contributed by atoms with Crippen LogP contribution in [0.15, 0.2) is 48.5 Å². The zero-order chi connectivity index (χ0) is 17.5. The van der Waals surface area contributed by atoms with E-state index in [1.807, 2.05) is 0 Å². The fourth-order valence-electron chi connectivity index (χ4n) is 2.50. The Kier molecular flexibility index (Phi) is 3.88. The first-order valence-electron chi connectivity index (χ1n) is 7.16. The van der Waals surface area contributed by atoms with Gasteiger partial charge in [-0.2, -0.15) is 13.2 Å². The van der Waals surface area contributed by atoms with E-state index in [2.05, 4.69) is 4.98 Å². The molecule has 0 saturated carbocycles. The number of para-hydroxylation sites is 2. The van der Waals surface area contributed by atoms with Crippen molar-refractivity contribution < 1.29 is 23.1 Å². The summed E-state index contributed by atoms with van der Waals surface area (Å²) < 4.78 is 39.7. The minimum atomic E-state index is -4.54. The van der Waals surface area contributed by atoms with Crippen molar-refractivity contribution in [1.82, 2.24) is 9.55 Å². The molecule has 0 aliphatic heterocycles. The van der Waals surface area contributed by atoms with Gasteiger partial charge in [0.15, 0.2) is 0 Å². The number of aliphatic hydroxyl groups is 1. The molecular formula is C17H13F3N2O2. The molecule has 0 aliphatic rings. The van der Waals surface area contributed by atoms with Gasteiger partial charge in [-0.05, 0) is 37.3 Å². The number of hydrogen-bond acceptors (Lipinski definition) is 3. The number of nitrogens with zero attached hydrogens (tertiary/aromatic N) is 2. The van der Waals surface area contributed by atoms with Crippen LogP contribution in [0.1, 0.15) is 34.8 Å². The number of hydrogen-bond donors (Lipinski definition) is 1. The topological polar surface area (TPSA) is 55.1 Å². The van der Waals surface area contributed by atoms with Gasteiger partial charge in [-0.25, -0.2) is 4.98 Å². The molecule has 0 saturated heterocycles. The molecule has 124 valence electrons. The van der Waals surface area contributed by atoms with Crippen molar-refractivity contribution in [2.24, 2.45) is 0 Å². The second-order valence-corrected chi connectivity index (χ2v) is 5.35. The van der Waals surface area contributed by atoms with Crippen LogP contribution in [0.25, 0.3) is 11.0 Å². The minimum absolute atomic E-state index is 0.0820. The first-order valence-corrected chi connectivity index (χ1v) is 7.16. The van der Waals surface area contributed by atoms with Crippen LogP contribution in [0.2, 0.25) is 0 Å². The molecule has 4 nitrogen and oxygen atoms in total. The number of carbonyl (C=O) groups excluding carboxylic acids is 1. The number of aromatic nitrogens is 2. The highest BCUT2D eigenvalue weighted by atomic mass is 19.4. The standard InChI is InChI=1S/C17H13F3N2O2/c1-10(23)15-21-13-7-2-3-8-14(13)22(15)16(24)11-5-4-6-12(9-11)17(18,19)20/h2-10,23H,1H3/t10-/m1/s1. The average molecular weight is 334 g/mol. The lowest BCUT2D eigenvalue weighted by atomic mass is 10.1. The summed E-state index contributed by atoms with van der Waals surface area (Å²) in [5.74, 6) is -0.593. The van der Waals surface area contributed by atoms with Crippen LogP contribution in [0.3, 0.4) is 0 Å². The molecule has 24 heavy (non-hydrogen) atoms. The van der Waals surface area contributed by atoms with Gasteiger partial charge in [0.25, 0.3) is 5.91 Å². The molecule has 2 aromatic carbocycles. The number of aliphatic hydroxyl groups excluding tert-OH is 1. The summed E-state index contributed by atoms with van der Waals surface area (Å²) >= 11 is 0. The van der Waals surface area contributed by atoms with Crippen LogP contribution in [0, 0.1) is 0 Å². The summed E-state index contributed by atoms with van der Waals surface area (Å²) in [6.07, 6.45) is -5.59. The summed E-state index contributed by atoms with van der Waals surface area (Å²) in [6, 6.07) is 10.9. The molecule has 0 unspecified atom stereocenters. The smallest absolute Gasteiger partial charge is 0.385 e. The Morgan fingerprint density at radius 3 is 2.54 bits per heavy atom. The molecule has 1 aromatic heterocycles. The lowest BCUT2D eigenvalue weighted by Gasteiger charge is -2.11. The van der Waals surface area contributed by atoms with Crippen molar-refractivity contribution in [3.05, 3.63) is 65.5 Å². The molecule has 1 N–H and O–H groups in total. The van der Waals surface area contributed by atoms with Crippen LogP contribution >= 0.6 is 0 Å². The third kappa shape index (κ3) is 2.78. The number of imidazole rings is 1. The number of carbonyl (C=O) groups is 1. The van der Waals surface area contributed by atoms with Gasteiger partial charge >= 0.3 is 6.18 Å². The maximum absolute atomic E-state index is 12.9. The summed E-state index contributed by atoms with van der Waals surface area (Å²) in [6.45, 7) is 1.44. The number of halogens is 3. The van der Waals surface area contributed by atoms with Crippen molar-refractivity contribution in [2.45, 2.75) is 19.2 Å². The number of rotatable bonds is 2. The van der Waals surface area contributed by atoms with Gasteiger partial charge in [0.05, 0.1) is 16.6 Å². The highest BCUT2D eigenvalue weighted by molar-refractivity contribution is 6.01. The lowest BCUT2D eigenvalue weighted by molar-refractivity contribution is -0.137. The Bertz CT molecular complexity index is 914. The lowest BCUT2D eigenvalue weighted by Crippen LogP contribution is -2.17. The molecule has 7 heteroatoms. The first-order chi connectivity index (χ1) is 11.3. The Labute approximate surface area is 135 Å². The zero-order valence-electron chi connectivity index (χ0n) is 12.6. The minimum Gasteiger partial charge on any atom is -0.385 e. The zero-order valence-corrected chi connectivity index (χ0v) is 12.6. The van der Waals surface area contributed by atoms with E-state index in [-0.39, 0.29) is 11.4 Å². The number of fused-ring (bicyclic) bond motifs is 1. The van der Waals surface area contributed by atoms with Crippen molar-refractivity contribution in [1.29, 1.82) is 0 Å². The second-order valence-electron chi connectivity index (χ2n) is 5.35. The van der Waals surface area contributed by atoms with Crippen molar-refractivity contribution in [2.75, 3.05) is 0 Å². The average Bonchev–Trinajstić information content (AvgIpc) is 2.93. The van der Waals surface area contributed by atoms with Crippen molar-refractivity contribution in [3.63, 3.8) is 0 Å². The maximum Gasteiger partial charge on any atom is 0.416 e. The normalized spacial score (nSPS) is 13.2. The van der Waals surface area contributed by atoms with Crippen molar-refractivity contribution in [3.8, 4) is 0 Å². The Balaban J connectivity index is 2.17. The van der Waals surface area contributed by atoms with E-state index < -0.39 is 23.8 Å². The molecule has 1 heterocycles. The van der Waals surface area contributed by atoms with Gasteiger partial charge in [0, 0.05) is 5.56 Å². The molecule has 0 amide bonds. The summed E-state index contributed by atoms with van der Waals surface area (Å²) in [4.78, 5) is 17.0. The first kappa shape index (κ1) is 16.2. The van der Waals surface area contributed by atoms with Gasteiger partial charge in [-0.3, -0.25) is 9.36 Å². The Morgan fingerprint density at radius 2 is 1.88 bits per heavy atom. The predicted molar refractivity (Wildman–Crippen MR) is 81.5 cm³/mol. The third-order valence-corrected chi connectivity index (χ3v) is 3.60. The van der Waals surface area contributed by atoms with E-state index in [0.717, 1.165) is 16.7 Å². The van der Waals surface area contributed by atoms with Crippen LogP contribution in [-0.2, 0) is 6.18 Å². The van der Waals surface area contributed by atoms with Crippen molar-refractivity contribution >= 4 is 16.9 Å². The Morgan fingerprint density at radius 1 is 1.17 bits per heavy atom. The van der Waals surface area contributed by atoms with E-state index in [1.54, 1.807) is 24.3 Å². The molecule has 1 atom stereocenters. The van der Waals surface area contributed by atoms with E-state index in [4.69, 9.17) is 0 Å².